The van der Waals surface area contributed by atoms with Crippen LogP contribution in [-0.4, -0.2) is 37.2 Å². The summed E-state index contributed by atoms with van der Waals surface area (Å²) in [4.78, 5) is 32.2. The molecule has 0 aliphatic heterocycles. The third kappa shape index (κ3) is 4.08. The highest BCUT2D eigenvalue weighted by molar-refractivity contribution is 8.00. The number of halogens is 3. The zero-order valence-electron chi connectivity index (χ0n) is 15.8. The minimum Gasteiger partial charge on any atom is -0.480 e. The number of para-hydroxylation sites is 1. The molecule has 0 aliphatic rings. The topological polar surface area (TPSA) is 97.2 Å². The molecule has 2 aromatic carbocycles. The summed E-state index contributed by atoms with van der Waals surface area (Å²) < 4.78 is 42.3. The number of H-pyrrole nitrogens is 1. The molecule has 7 nitrogen and oxygen atoms in total. The third-order valence-electron chi connectivity index (χ3n) is 4.45. The van der Waals surface area contributed by atoms with E-state index in [0.717, 1.165) is 23.9 Å². The van der Waals surface area contributed by atoms with Gasteiger partial charge in [0.1, 0.15) is 22.0 Å². The van der Waals surface area contributed by atoms with Crippen molar-refractivity contribution in [1.82, 2.24) is 14.5 Å². The third-order valence-corrected chi connectivity index (χ3v) is 5.49. The molecule has 160 valence electrons. The smallest absolute Gasteiger partial charge is 0.480 e. The highest BCUT2D eigenvalue weighted by atomic mass is 32.2. The highest BCUT2D eigenvalue weighted by Crippen LogP contribution is 2.29. The number of carboxylic acids is 1. The van der Waals surface area contributed by atoms with E-state index in [9.17, 15) is 27.9 Å². The predicted octanol–water partition coefficient (Wildman–Crippen LogP) is 4.33. The SMILES string of the molecule is CC(Sc1nc2c([nH]c3ccccc32)c(=O)n1-c1ccc(OC(F)(F)F)cc1)C(=O)O. The van der Waals surface area contributed by atoms with Gasteiger partial charge in [-0.05, 0) is 37.3 Å². The monoisotopic (exact) mass is 449 g/mol. The van der Waals surface area contributed by atoms with Crippen molar-refractivity contribution in [1.29, 1.82) is 0 Å². The Hall–Kier alpha value is -3.47. The van der Waals surface area contributed by atoms with Gasteiger partial charge < -0.3 is 14.8 Å². The van der Waals surface area contributed by atoms with Crippen LogP contribution < -0.4 is 10.3 Å². The van der Waals surface area contributed by atoms with Gasteiger partial charge in [-0.25, -0.2) is 4.98 Å². The molecule has 4 rings (SSSR count). The summed E-state index contributed by atoms with van der Waals surface area (Å²) in [5.41, 5.74) is 0.965. The number of aromatic amines is 1. The molecule has 11 heteroatoms. The van der Waals surface area contributed by atoms with Gasteiger partial charge in [0.25, 0.3) is 5.56 Å². The molecule has 0 amide bonds. The summed E-state index contributed by atoms with van der Waals surface area (Å²) in [6, 6.07) is 11.8. The second kappa shape index (κ2) is 7.65. The van der Waals surface area contributed by atoms with Crippen molar-refractivity contribution >= 4 is 39.7 Å². The van der Waals surface area contributed by atoms with Crippen LogP contribution in [0.5, 0.6) is 5.75 Å². The summed E-state index contributed by atoms with van der Waals surface area (Å²) >= 11 is 0.855. The van der Waals surface area contributed by atoms with Crippen LogP contribution in [0.4, 0.5) is 13.2 Å². The highest BCUT2D eigenvalue weighted by Gasteiger charge is 2.31. The number of nitrogens with zero attached hydrogens (tertiary/aromatic N) is 2. The second-order valence-electron chi connectivity index (χ2n) is 6.57. The summed E-state index contributed by atoms with van der Waals surface area (Å²) in [7, 11) is 0. The van der Waals surface area contributed by atoms with E-state index in [0.29, 0.717) is 16.4 Å². The number of fused-ring (bicyclic) bond motifs is 3. The number of carbonyl (C=O) groups is 1. The average Bonchev–Trinajstić information content (AvgIpc) is 3.07. The molecule has 0 radical (unpaired) electrons. The van der Waals surface area contributed by atoms with Crippen LogP contribution in [0.3, 0.4) is 0 Å². The molecule has 1 atom stereocenters. The molecule has 0 saturated carbocycles. The van der Waals surface area contributed by atoms with Crippen LogP contribution in [-0.2, 0) is 4.79 Å². The normalized spacial score (nSPS) is 12.9. The first-order valence-corrected chi connectivity index (χ1v) is 9.81. The van der Waals surface area contributed by atoms with Gasteiger partial charge in [0, 0.05) is 10.9 Å². The van der Waals surface area contributed by atoms with E-state index in [1.807, 2.05) is 0 Å². The number of carboxylic acid groups (broad SMARTS) is 1. The fourth-order valence-corrected chi connectivity index (χ4v) is 3.91. The van der Waals surface area contributed by atoms with Crippen molar-refractivity contribution in [3.63, 3.8) is 0 Å². The summed E-state index contributed by atoms with van der Waals surface area (Å²) in [6.45, 7) is 1.45. The van der Waals surface area contributed by atoms with Gasteiger partial charge in [-0.1, -0.05) is 30.0 Å². The van der Waals surface area contributed by atoms with Crippen molar-refractivity contribution in [3.8, 4) is 11.4 Å². The van der Waals surface area contributed by atoms with Crippen LogP contribution in [0.25, 0.3) is 27.6 Å². The lowest BCUT2D eigenvalue weighted by Gasteiger charge is -2.14. The fraction of sp³-hybridized carbons (Fsp3) is 0.150. The Kier molecular flexibility index (Phi) is 5.13. The quantitative estimate of drug-likeness (QED) is 0.348. The van der Waals surface area contributed by atoms with Crippen LogP contribution in [0.15, 0.2) is 58.5 Å². The van der Waals surface area contributed by atoms with Gasteiger partial charge in [0.2, 0.25) is 0 Å². The maximum Gasteiger partial charge on any atom is 0.573 e. The molecule has 2 N–H and O–H groups in total. The molecule has 0 bridgehead atoms. The Labute approximate surface area is 176 Å². The Morgan fingerprint density at radius 1 is 1.19 bits per heavy atom. The zero-order valence-corrected chi connectivity index (χ0v) is 16.6. The largest absolute Gasteiger partial charge is 0.573 e. The van der Waals surface area contributed by atoms with Crippen LogP contribution in [0.1, 0.15) is 6.92 Å². The number of thioether (sulfide) groups is 1. The Morgan fingerprint density at radius 3 is 2.52 bits per heavy atom. The first kappa shape index (κ1) is 20.8. The number of alkyl halides is 3. The van der Waals surface area contributed by atoms with Crippen molar-refractivity contribution in [3.05, 3.63) is 58.9 Å². The molecular weight excluding hydrogens is 435 g/mol. The molecular formula is C20H14F3N3O4S. The maximum absolute atomic E-state index is 13.3. The van der Waals surface area contributed by atoms with Gasteiger partial charge >= 0.3 is 12.3 Å². The van der Waals surface area contributed by atoms with Crippen LogP contribution in [0, 0.1) is 0 Å². The van der Waals surface area contributed by atoms with Crippen molar-refractivity contribution in [2.45, 2.75) is 23.7 Å². The lowest BCUT2D eigenvalue weighted by Crippen LogP contribution is -2.23. The standard InChI is InChI=1S/C20H14F3N3O4S/c1-10(18(28)29)31-19-25-15-13-4-2-3-5-14(13)24-16(15)17(27)26(19)11-6-8-12(9-7-11)30-20(21,22)23/h2-10,24H,1H3,(H,28,29). The number of aromatic nitrogens is 3. The average molecular weight is 449 g/mol. The van der Waals surface area contributed by atoms with Gasteiger partial charge in [-0.3, -0.25) is 14.2 Å². The van der Waals surface area contributed by atoms with E-state index >= 15 is 0 Å². The number of aliphatic carboxylic acids is 1. The summed E-state index contributed by atoms with van der Waals surface area (Å²) in [5.74, 6) is -1.55. The fourth-order valence-electron chi connectivity index (χ4n) is 3.05. The number of rotatable bonds is 5. The Balaban J connectivity index is 1.91. The Bertz CT molecular complexity index is 1350. The van der Waals surface area contributed by atoms with Gasteiger partial charge in [0.05, 0.1) is 5.69 Å². The van der Waals surface area contributed by atoms with Gasteiger partial charge in [-0.2, -0.15) is 0 Å². The molecule has 2 aromatic heterocycles. The van der Waals surface area contributed by atoms with E-state index in [1.54, 1.807) is 24.3 Å². The first-order valence-electron chi connectivity index (χ1n) is 8.93. The van der Waals surface area contributed by atoms with Crippen LogP contribution >= 0.6 is 11.8 Å². The lowest BCUT2D eigenvalue weighted by molar-refractivity contribution is -0.274. The van der Waals surface area contributed by atoms with E-state index in [1.165, 1.54) is 23.6 Å². The lowest BCUT2D eigenvalue weighted by atomic mass is 10.2. The van der Waals surface area contributed by atoms with Gasteiger partial charge in [0.15, 0.2) is 5.16 Å². The zero-order chi connectivity index (χ0) is 22.3. The number of nitrogens with one attached hydrogen (secondary N) is 1. The summed E-state index contributed by atoms with van der Waals surface area (Å²) in [5, 5.41) is 9.17. The summed E-state index contributed by atoms with van der Waals surface area (Å²) in [6.07, 6.45) is -4.85. The maximum atomic E-state index is 13.3. The second-order valence-corrected chi connectivity index (χ2v) is 7.88. The van der Waals surface area contributed by atoms with Crippen molar-refractivity contribution in [2.75, 3.05) is 0 Å². The molecule has 1 unspecified atom stereocenters. The molecule has 4 aromatic rings. The minimum atomic E-state index is -4.85. The number of hydrogen-bond donors (Lipinski definition) is 2. The van der Waals surface area contributed by atoms with Crippen molar-refractivity contribution in [2.24, 2.45) is 0 Å². The minimum absolute atomic E-state index is 0.0987. The van der Waals surface area contributed by atoms with Gasteiger partial charge in [-0.15, -0.1) is 13.2 Å². The van der Waals surface area contributed by atoms with E-state index in [4.69, 9.17) is 0 Å². The van der Waals surface area contributed by atoms with E-state index in [2.05, 4.69) is 14.7 Å². The van der Waals surface area contributed by atoms with Crippen molar-refractivity contribution < 1.29 is 27.8 Å². The molecule has 0 spiro atoms. The number of ether oxygens (including phenoxy) is 1. The Morgan fingerprint density at radius 2 is 1.87 bits per heavy atom. The van der Waals surface area contributed by atoms with E-state index < -0.39 is 28.9 Å². The van der Waals surface area contributed by atoms with E-state index in [-0.39, 0.29) is 16.4 Å². The molecule has 31 heavy (non-hydrogen) atoms. The molecule has 0 fully saturated rings. The van der Waals surface area contributed by atoms with Crippen LogP contribution in [0.2, 0.25) is 0 Å². The molecule has 0 aliphatic carbocycles. The molecule has 2 heterocycles. The number of hydrogen-bond acceptors (Lipinski definition) is 5. The molecule has 0 saturated heterocycles. The first-order chi connectivity index (χ1) is 14.6. The predicted molar refractivity (Wildman–Crippen MR) is 109 cm³/mol. The number of benzene rings is 2.